The monoisotopic (exact) mass is 353 g/mol. The molecule has 0 spiro atoms. The van der Waals surface area contributed by atoms with Crippen LogP contribution in [-0.4, -0.2) is 32.0 Å². The first-order valence-corrected chi connectivity index (χ1v) is 8.49. The van der Waals surface area contributed by atoms with Gasteiger partial charge in [-0.25, -0.2) is 0 Å². The van der Waals surface area contributed by atoms with Crippen molar-refractivity contribution < 1.29 is 9.53 Å². The number of rotatable bonds is 5. The number of aromatic nitrogens is 4. The minimum atomic E-state index is -0.250. The maximum atomic E-state index is 12.5. The Kier molecular flexibility index (Phi) is 4.79. The first-order valence-electron chi connectivity index (χ1n) is 8.49. The summed E-state index contributed by atoms with van der Waals surface area (Å²) < 4.78 is 7.40. The molecule has 136 valence electrons. The number of hydrogen-bond donors (Lipinski definition) is 2. The first-order chi connectivity index (χ1) is 12.3. The molecule has 0 aliphatic rings. The fourth-order valence-electron chi connectivity index (χ4n) is 2.80. The Morgan fingerprint density at radius 1 is 1.23 bits per heavy atom. The summed E-state index contributed by atoms with van der Waals surface area (Å²) in [6.45, 7) is 7.84. The third kappa shape index (κ3) is 3.61. The van der Waals surface area contributed by atoms with E-state index in [1.54, 1.807) is 10.7 Å². The number of ether oxygens (including phenoxy) is 1. The summed E-state index contributed by atoms with van der Waals surface area (Å²) in [5.74, 6) is 0.518. The molecular weight excluding hydrogens is 330 g/mol. The van der Waals surface area contributed by atoms with E-state index in [0.29, 0.717) is 17.1 Å². The molecule has 7 heteroatoms. The normalized spacial score (nSPS) is 11.0. The Balaban J connectivity index is 1.74. The maximum Gasteiger partial charge on any atom is 0.273 e. The zero-order valence-corrected chi connectivity index (χ0v) is 15.6. The van der Waals surface area contributed by atoms with Crippen LogP contribution in [-0.2, 0) is 7.05 Å². The average Bonchev–Trinajstić information content (AvgIpc) is 3.14. The van der Waals surface area contributed by atoms with E-state index >= 15 is 0 Å². The summed E-state index contributed by atoms with van der Waals surface area (Å²) in [5.41, 5.74) is 4.61. The molecule has 0 fully saturated rings. The number of hydrogen-bond acceptors (Lipinski definition) is 4. The van der Waals surface area contributed by atoms with Crippen molar-refractivity contribution in [3.8, 4) is 17.0 Å². The van der Waals surface area contributed by atoms with Crippen LogP contribution in [0.1, 0.15) is 35.7 Å². The second-order valence-corrected chi connectivity index (χ2v) is 6.48. The summed E-state index contributed by atoms with van der Waals surface area (Å²) in [6, 6.07) is 9.01. The molecular formula is C19H23N5O2. The van der Waals surface area contributed by atoms with E-state index in [-0.39, 0.29) is 12.0 Å². The van der Waals surface area contributed by atoms with Crippen molar-refractivity contribution in [1.82, 2.24) is 20.0 Å². The highest BCUT2D eigenvalue weighted by atomic mass is 16.5. The standard InChI is InChI=1S/C19H23N5O2/c1-11(2)26-15-8-6-14(7-9-15)20-19(25)17-10-16(21-22-17)18-12(3)23-24(5)13(18)4/h6-11H,1-5H3,(H,20,25)(H,21,22). The minimum Gasteiger partial charge on any atom is -0.491 e. The number of aromatic amines is 1. The molecule has 0 aliphatic heterocycles. The zero-order valence-electron chi connectivity index (χ0n) is 15.6. The lowest BCUT2D eigenvalue weighted by Gasteiger charge is -2.10. The smallest absolute Gasteiger partial charge is 0.273 e. The predicted molar refractivity (Wildman–Crippen MR) is 100 cm³/mol. The Hall–Kier alpha value is -3.09. The van der Waals surface area contributed by atoms with E-state index in [0.717, 1.165) is 22.7 Å². The van der Waals surface area contributed by atoms with Gasteiger partial charge in [0.1, 0.15) is 11.4 Å². The van der Waals surface area contributed by atoms with Crippen LogP contribution < -0.4 is 10.1 Å². The molecule has 3 rings (SSSR count). The largest absolute Gasteiger partial charge is 0.491 e. The SMILES string of the molecule is Cc1nn(C)c(C)c1-c1cc(C(=O)Nc2ccc(OC(C)C)cc2)[nH]n1. The molecule has 1 aromatic carbocycles. The molecule has 0 aliphatic carbocycles. The molecule has 26 heavy (non-hydrogen) atoms. The highest BCUT2D eigenvalue weighted by molar-refractivity contribution is 6.03. The lowest BCUT2D eigenvalue weighted by molar-refractivity contribution is 0.102. The van der Waals surface area contributed by atoms with E-state index in [2.05, 4.69) is 20.6 Å². The van der Waals surface area contributed by atoms with Gasteiger partial charge in [0.15, 0.2) is 0 Å². The second kappa shape index (κ2) is 7.03. The molecule has 2 N–H and O–H groups in total. The van der Waals surface area contributed by atoms with Crippen LogP contribution in [0.2, 0.25) is 0 Å². The van der Waals surface area contributed by atoms with Crippen LogP contribution in [0.3, 0.4) is 0 Å². The topological polar surface area (TPSA) is 84.8 Å². The summed E-state index contributed by atoms with van der Waals surface area (Å²) >= 11 is 0. The van der Waals surface area contributed by atoms with Crippen molar-refractivity contribution in [2.75, 3.05) is 5.32 Å². The number of aryl methyl sites for hydroxylation is 2. The molecule has 0 saturated heterocycles. The molecule has 0 atom stereocenters. The van der Waals surface area contributed by atoms with Crippen LogP contribution in [0, 0.1) is 13.8 Å². The molecule has 7 nitrogen and oxygen atoms in total. The van der Waals surface area contributed by atoms with Crippen molar-refractivity contribution in [3.63, 3.8) is 0 Å². The summed E-state index contributed by atoms with van der Waals surface area (Å²) in [4.78, 5) is 12.5. The number of benzene rings is 1. The Bertz CT molecular complexity index is 922. The molecule has 2 aromatic heterocycles. The van der Waals surface area contributed by atoms with E-state index in [4.69, 9.17) is 4.74 Å². The van der Waals surface area contributed by atoms with E-state index in [1.165, 1.54) is 0 Å². The first kappa shape index (κ1) is 17.7. The Morgan fingerprint density at radius 3 is 2.50 bits per heavy atom. The number of nitrogens with one attached hydrogen (secondary N) is 2. The summed E-state index contributed by atoms with van der Waals surface area (Å²) in [7, 11) is 1.89. The van der Waals surface area contributed by atoms with E-state index < -0.39 is 0 Å². The van der Waals surface area contributed by atoms with Crippen molar-refractivity contribution in [2.45, 2.75) is 33.8 Å². The van der Waals surface area contributed by atoms with E-state index in [9.17, 15) is 4.79 Å². The molecule has 1 amide bonds. The minimum absolute atomic E-state index is 0.109. The summed E-state index contributed by atoms with van der Waals surface area (Å²) in [5, 5.41) is 14.3. The van der Waals surface area contributed by atoms with Gasteiger partial charge in [-0.15, -0.1) is 0 Å². The van der Waals surface area contributed by atoms with Crippen molar-refractivity contribution in [3.05, 3.63) is 47.4 Å². The molecule has 0 unspecified atom stereocenters. The highest BCUT2D eigenvalue weighted by Gasteiger charge is 2.17. The number of amides is 1. The number of H-pyrrole nitrogens is 1. The highest BCUT2D eigenvalue weighted by Crippen LogP contribution is 2.25. The molecule has 0 bridgehead atoms. The van der Waals surface area contributed by atoms with Gasteiger partial charge < -0.3 is 10.1 Å². The van der Waals surface area contributed by atoms with Gasteiger partial charge in [0.25, 0.3) is 5.91 Å². The lowest BCUT2D eigenvalue weighted by atomic mass is 10.1. The van der Waals surface area contributed by atoms with Crippen molar-refractivity contribution in [2.24, 2.45) is 7.05 Å². The number of nitrogens with zero attached hydrogens (tertiary/aromatic N) is 3. The number of carbonyl (C=O) groups excluding carboxylic acids is 1. The predicted octanol–water partition coefficient (Wildman–Crippen LogP) is 3.47. The van der Waals surface area contributed by atoms with Gasteiger partial charge in [-0.1, -0.05) is 0 Å². The molecule has 0 saturated carbocycles. The van der Waals surface area contributed by atoms with Crippen LogP contribution in [0.15, 0.2) is 30.3 Å². The van der Waals surface area contributed by atoms with Gasteiger partial charge in [-0.2, -0.15) is 10.2 Å². The van der Waals surface area contributed by atoms with Crippen LogP contribution in [0.4, 0.5) is 5.69 Å². The van der Waals surface area contributed by atoms with Crippen molar-refractivity contribution in [1.29, 1.82) is 0 Å². The molecule has 3 aromatic rings. The maximum absolute atomic E-state index is 12.5. The number of anilines is 1. The fourth-order valence-corrected chi connectivity index (χ4v) is 2.80. The van der Waals surface area contributed by atoms with Crippen LogP contribution in [0.5, 0.6) is 5.75 Å². The third-order valence-electron chi connectivity index (χ3n) is 4.07. The lowest BCUT2D eigenvalue weighted by Crippen LogP contribution is -2.12. The van der Waals surface area contributed by atoms with E-state index in [1.807, 2.05) is 59.0 Å². The van der Waals surface area contributed by atoms with Gasteiger partial charge in [-0.05, 0) is 58.0 Å². The quantitative estimate of drug-likeness (QED) is 0.735. The van der Waals surface area contributed by atoms with Crippen molar-refractivity contribution >= 4 is 11.6 Å². The number of carbonyl (C=O) groups is 1. The van der Waals surface area contributed by atoms with Crippen LogP contribution in [0.25, 0.3) is 11.3 Å². The van der Waals surface area contributed by atoms with Gasteiger partial charge in [0, 0.05) is 24.0 Å². The zero-order chi connectivity index (χ0) is 18.8. The molecule has 2 heterocycles. The van der Waals surface area contributed by atoms with Crippen LogP contribution >= 0.6 is 0 Å². The van der Waals surface area contributed by atoms with Gasteiger partial charge in [-0.3, -0.25) is 14.6 Å². The van der Waals surface area contributed by atoms with Gasteiger partial charge >= 0.3 is 0 Å². The Labute approximate surface area is 152 Å². The van der Waals surface area contributed by atoms with Gasteiger partial charge in [0.2, 0.25) is 0 Å². The Morgan fingerprint density at radius 2 is 1.92 bits per heavy atom. The molecule has 0 radical (unpaired) electrons. The fraction of sp³-hybridized carbons (Fsp3) is 0.316. The third-order valence-corrected chi connectivity index (χ3v) is 4.07. The summed E-state index contributed by atoms with van der Waals surface area (Å²) in [6.07, 6.45) is 0.109. The second-order valence-electron chi connectivity index (χ2n) is 6.48. The van der Waals surface area contributed by atoms with Gasteiger partial charge in [0.05, 0.1) is 17.5 Å². The average molecular weight is 353 g/mol.